The van der Waals surface area contributed by atoms with Gasteiger partial charge in [0.2, 0.25) is 0 Å². The van der Waals surface area contributed by atoms with E-state index in [9.17, 15) is 19.8 Å². The van der Waals surface area contributed by atoms with E-state index < -0.39 is 18.4 Å². The number of carbonyl (C=O) groups excluding carboxylic acids is 1. The monoisotopic (exact) mass is 341 g/mol. The lowest BCUT2D eigenvalue weighted by Crippen LogP contribution is -2.26. The molecule has 0 atom stereocenters. The quantitative estimate of drug-likeness (QED) is 0.502. The lowest BCUT2D eigenvalue weighted by Gasteiger charge is -2.12. The van der Waals surface area contributed by atoms with E-state index in [4.69, 9.17) is 4.74 Å². The van der Waals surface area contributed by atoms with Gasteiger partial charge in [0, 0.05) is 12.1 Å². The molecule has 2 aromatic rings. The molecular formula is C19H19NO5. The fraction of sp³-hybridized carbons (Fsp3) is 0.158. The molecule has 0 radical (unpaired) electrons. The van der Waals surface area contributed by atoms with E-state index in [1.807, 2.05) is 30.3 Å². The number of methoxy groups -OCH3 is 1. The Labute approximate surface area is 145 Å². The van der Waals surface area contributed by atoms with Gasteiger partial charge in [-0.1, -0.05) is 30.3 Å². The largest absolute Gasteiger partial charge is 0.497 e. The first-order valence-corrected chi connectivity index (χ1v) is 7.60. The molecule has 0 amide bonds. The Hall–Kier alpha value is -3.12. The molecule has 6 heteroatoms. The summed E-state index contributed by atoms with van der Waals surface area (Å²) in [6.07, 6.45) is 0. The van der Waals surface area contributed by atoms with Crippen molar-refractivity contribution in [2.45, 2.75) is 6.54 Å². The Morgan fingerprint density at radius 1 is 1.04 bits per heavy atom. The molecule has 130 valence electrons. The zero-order valence-electron chi connectivity index (χ0n) is 13.7. The molecule has 2 rings (SSSR count). The van der Waals surface area contributed by atoms with Gasteiger partial charge in [-0.25, -0.2) is 4.79 Å². The topological polar surface area (TPSA) is 95.9 Å². The Bertz CT molecular complexity index is 766. The van der Waals surface area contributed by atoms with Crippen molar-refractivity contribution in [3.63, 3.8) is 0 Å². The molecule has 0 saturated heterocycles. The predicted octanol–water partition coefficient (Wildman–Crippen LogP) is 2.00. The van der Waals surface area contributed by atoms with E-state index in [-0.39, 0.29) is 23.4 Å². The van der Waals surface area contributed by atoms with Gasteiger partial charge in [-0.3, -0.25) is 4.79 Å². The van der Waals surface area contributed by atoms with Gasteiger partial charge in [0.05, 0.1) is 19.3 Å². The van der Waals surface area contributed by atoms with E-state index in [1.165, 1.54) is 19.2 Å². The average Bonchev–Trinajstić information content (AvgIpc) is 2.65. The summed E-state index contributed by atoms with van der Waals surface area (Å²) in [4.78, 5) is 24.1. The first-order chi connectivity index (χ1) is 12.1. The molecule has 0 aromatic heterocycles. The summed E-state index contributed by atoms with van der Waals surface area (Å²) in [5, 5.41) is 21.7. The van der Waals surface area contributed by atoms with Crippen LogP contribution in [0.2, 0.25) is 0 Å². The van der Waals surface area contributed by atoms with Crippen LogP contribution in [0.15, 0.2) is 65.9 Å². The minimum absolute atomic E-state index is 0.200. The van der Waals surface area contributed by atoms with Crippen LogP contribution < -0.4 is 10.1 Å². The maximum atomic E-state index is 12.6. The summed E-state index contributed by atoms with van der Waals surface area (Å²) in [5.41, 5.74) is 0.612. The minimum atomic E-state index is -1.30. The van der Waals surface area contributed by atoms with Crippen LogP contribution in [-0.4, -0.2) is 35.7 Å². The van der Waals surface area contributed by atoms with E-state index in [2.05, 4.69) is 5.32 Å². The predicted molar refractivity (Wildman–Crippen MR) is 92.4 cm³/mol. The number of aliphatic carboxylic acids is 1. The second-order valence-electron chi connectivity index (χ2n) is 5.21. The molecule has 25 heavy (non-hydrogen) atoms. The highest BCUT2D eigenvalue weighted by Crippen LogP contribution is 2.16. The Balaban J connectivity index is 2.29. The standard InChI is InChI=1S/C19H19NO5/c1-25-15-9-7-14(8-10-15)18(22)16(12-21)17(19(23)24)20-11-13-5-3-2-4-6-13/h2-10,20-21H,11-12H2,1H3,(H,23,24)/b17-16-. The highest BCUT2D eigenvalue weighted by molar-refractivity contribution is 6.12. The SMILES string of the molecule is COc1ccc(C(=O)/C(CO)=C(\NCc2ccccc2)C(=O)O)cc1. The number of carboxylic acid groups (broad SMARTS) is 1. The number of rotatable bonds is 8. The van der Waals surface area contributed by atoms with Crippen molar-refractivity contribution in [3.8, 4) is 5.75 Å². The first-order valence-electron chi connectivity index (χ1n) is 7.60. The number of ether oxygens (including phenoxy) is 1. The number of carboxylic acids is 1. The highest BCUT2D eigenvalue weighted by atomic mass is 16.5. The molecule has 6 nitrogen and oxygen atoms in total. The van der Waals surface area contributed by atoms with Crippen LogP contribution in [-0.2, 0) is 11.3 Å². The van der Waals surface area contributed by atoms with Gasteiger partial charge in [-0.2, -0.15) is 0 Å². The van der Waals surface area contributed by atoms with Crippen molar-refractivity contribution in [1.82, 2.24) is 5.32 Å². The number of Topliss-reactive ketones (excluding diaryl/α,β-unsaturated/α-hetero) is 1. The second-order valence-corrected chi connectivity index (χ2v) is 5.21. The van der Waals surface area contributed by atoms with Crippen molar-refractivity contribution in [1.29, 1.82) is 0 Å². The zero-order chi connectivity index (χ0) is 18.2. The minimum Gasteiger partial charge on any atom is -0.497 e. The van der Waals surface area contributed by atoms with Gasteiger partial charge >= 0.3 is 5.97 Å². The van der Waals surface area contributed by atoms with Crippen LogP contribution in [0.25, 0.3) is 0 Å². The van der Waals surface area contributed by atoms with Gasteiger partial charge in [0.15, 0.2) is 5.78 Å². The van der Waals surface area contributed by atoms with Crippen molar-refractivity contribution >= 4 is 11.8 Å². The van der Waals surface area contributed by atoms with Crippen LogP contribution in [0, 0.1) is 0 Å². The third-order valence-electron chi connectivity index (χ3n) is 3.61. The third kappa shape index (κ3) is 4.68. The summed E-state index contributed by atoms with van der Waals surface area (Å²) < 4.78 is 5.03. The number of aliphatic hydroxyl groups excluding tert-OH is 1. The molecule has 0 bridgehead atoms. The van der Waals surface area contributed by atoms with Gasteiger partial charge in [0.1, 0.15) is 11.4 Å². The van der Waals surface area contributed by atoms with Gasteiger partial charge < -0.3 is 20.3 Å². The highest BCUT2D eigenvalue weighted by Gasteiger charge is 2.21. The second kappa shape index (κ2) is 8.65. The van der Waals surface area contributed by atoms with Gasteiger partial charge in [-0.05, 0) is 29.8 Å². The lowest BCUT2D eigenvalue weighted by molar-refractivity contribution is -0.133. The zero-order valence-corrected chi connectivity index (χ0v) is 13.7. The van der Waals surface area contributed by atoms with Crippen molar-refractivity contribution in [3.05, 3.63) is 77.0 Å². The fourth-order valence-electron chi connectivity index (χ4n) is 2.28. The maximum Gasteiger partial charge on any atom is 0.352 e. The van der Waals surface area contributed by atoms with E-state index in [1.54, 1.807) is 12.1 Å². The van der Waals surface area contributed by atoms with Crippen molar-refractivity contribution < 1.29 is 24.5 Å². The van der Waals surface area contributed by atoms with Crippen molar-refractivity contribution in [2.24, 2.45) is 0 Å². The Morgan fingerprint density at radius 3 is 2.20 bits per heavy atom. The third-order valence-corrected chi connectivity index (χ3v) is 3.61. The smallest absolute Gasteiger partial charge is 0.352 e. The number of hydrogen-bond donors (Lipinski definition) is 3. The van der Waals surface area contributed by atoms with Crippen LogP contribution in [0.1, 0.15) is 15.9 Å². The first kappa shape index (κ1) is 18.2. The number of aliphatic hydroxyl groups is 1. The number of carbonyl (C=O) groups is 2. The number of nitrogens with one attached hydrogen (secondary N) is 1. The number of benzene rings is 2. The molecule has 2 aromatic carbocycles. The fourth-order valence-corrected chi connectivity index (χ4v) is 2.28. The summed E-state index contributed by atoms with van der Waals surface area (Å²) in [6.45, 7) is -0.462. The van der Waals surface area contributed by atoms with Crippen LogP contribution in [0.4, 0.5) is 0 Å². The molecule has 0 unspecified atom stereocenters. The van der Waals surface area contributed by atoms with Crippen LogP contribution >= 0.6 is 0 Å². The van der Waals surface area contributed by atoms with E-state index in [0.29, 0.717) is 5.75 Å². The molecule has 0 aliphatic carbocycles. The summed E-state index contributed by atoms with van der Waals surface area (Å²) in [6, 6.07) is 15.4. The molecular weight excluding hydrogens is 322 g/mol. The van der Waals surface area contributed by atoms with Gasteiger partial charge in [0.25, 0.3) is 0 Å². The summed E-state index contributed by atoms with van der Waals surface area (Å²) in [5.74, 6) is -1.28. The Morgan fingerprint density at radius 2 is 1.68 bits per heavy atom. The van der Waals surface area contributed by atoms with Gasteiger partial charge in [-0.15, -0.1) is 0 Å². The summed E-state index contributed by atoms with van der Waals surface area (Å²) in [7, 11) is 1.51. The molecule has 0 saturated carbocycles. The van der Waals surface area contributed by atoms with Crippen LogP contribution in [0.5, 0.6) is 5.75 Å². The molecule has 0 aliphatic rings. The van der Waals surface area contributed by atoms with E-state index in [0.717, 1.165) is 5.56 Å². The lowest BCUT2D eigenvalue weighted by atomic mass is 10.0. The normalized spacial score (nSPS) is 11.4. The Kier molecular flexibility index (Phi) is 6.31. The molecule has 0 aliphatic heterocycles. The van der Waals surface area contributed by atoms with Crippen molar-refractivity contribution in [2.75, 3.05) is 13.7 Å². The van der Waals surface area contributed by atoms with E-state index >= 15 is 0 Å². The summed E-state index contributed by atoms with van der Waals surface area (Å²) >= 11 is 0. The van der Waals surface area contributed by atoms with Crippen LogP contribution in [0.3, 0.4) is 0 Å². The number of hydrogen-bond acceptors (Lipinski definition) is 5. The molecule has 0 fully saturated rings. The molecule has 0 heterocycles. The maximum absolute atomic E-state index is 12.6. The average molecular weight is 341 g/mol. The number of ketones is 1. The molecule has 0 spiro atoms. The molecule has 3 N–H and O–H groups in total.